The van der Waals surface area contributed by atoms with Crippen molar-refractivity contribution in [1.29, 1.82) is 0 Å². The number of piperazine rings is 1. The number of nitrogens with zero attached hydrogens (tertiary/aromatic N) is 2. The van der Waals surface area contributed by atoms with Gasteiger partial charge in [-0.3, -0.25) is 14.4 Å². The van der Waals surface area contributed by atoms with Crippen LogP contribution in [0.15, 0.2) is 136 Å². The number of hydrogen-bond acceptors (Lipinski definition) is 6. The topological polar surface area (TPSA) is 94.9 Å². The second kappa shape index (κ2) is 15.3. The highest BCUT2D eigenvalue weighted by atomic mass is 32.2. The van der Waals surface area contributed by atoms with Crippen LogP contribution in [0.25, 0.3) is 17.4 Å². The normalized spacial score (nSPS) is 13.2. The number of carbonyl (C=O) groups is 3. The molecule has 48 heavy (non-hydrogen) atoms. The van der Waals surface area contributed by atoms with Gasteiger partial charge in [-0.25, -0.2) is 4.39 Å². The van der Waals surface area contributed by atoms with Crippen LogP contribution in [0.2, 0.25) is 0 Å². The molecule has 8 nitrogen and oxygen atoms in total. The lowest BCUT2D eigenvalue weighted by molar-refractivity contribution is -0.128. The lowest BCUT2D eigenvalue weighted by Gasteiger charge is -2.36. The second-order valence-electron chi connectivity index (χ2n) is 11.1. The lowest BCUT2D eigenvalue weighted by Crippen LogP contribution is -2.49. The summed E-state index contributed by atoms with van der Waals surface area (Å²) in [6.45, 7) is 2.58. The molecule has 0 unspecified atom stereocenters. The fourth-order valence-electron chi connectivity index (χ4n) is 5.21. The van der Waals surface area contributed by atoms with Gasteiger partial charge in [-0.15, -0.1) is 11.8 Å². The number of anilines is 2. The van der Waals surface area contributed by atoms with Crippen molar-refractivity contribution >= 4 is 46.9 Å². The average molecular weight is 661 g/mol. The molecule has 0 bridgehead atoms. The van der Waals surface area contributed by atoms with Crippen molar-refractivity contribution in [2.45, 2.75) is 4.90 Å². The largest absolute Gasteiger partial charge is 0.457 e. The van der Waals surface area contributed by atoms with E-state index in [4.69, 9.17) is 4.42 Å². The number of hydrogen-bond donors (Lipinski definition) is 2. The number of thioether (sulfide) groups is 1. The number of furan rings is 1. The van der Waals surface area contributed by atoms with Crippen LogP contribution in [-0.2, 0) is 9.59 Å². The summed E-state index contributed by atoms with van der Waals surface area (Å²) in [6.07, 6.45) is 1.50. The summed E-state index contributed by atoms with van der Waals surface area (Å²) >= 11 is 1.42. The predicted molar refractivity (Wildman–Crippen MR) is 187 cm³/mol. The molecule has 6 rings (SSSR count). The number of halogens is 1. The van der Waals surface area contributed by atoms with E-state index in [9.17, 15) is 18.8 Å². The van der Waals surface area contributed by atoms with Crippen LogP contribution >= 0.6 is 11.8 Å². The van der Waals surface area contributed by atoms with Gasteiger partial charge in [-0.05, 0) is 72.8 Å². The molecule has 1 saturated heterocycles. The zero-order valence-corrected chi connectivity index (χ0v) is 26.8. The lowest BCUT2D eigenvalue weighted by atomic mass is 10.2. The summed E-state index contributed by atoms with van der Waals surface area (Å²) in [5.74, 6) is 0.155. The summed E-state index contributed by atoms with van der Waals surface area (Å²) in [7, 11) is 0. The third-order valence-electron chi connectivity index (χ3n) is 7.80. The SMILES string of the molecule is O=C(Nc1ccc(SCC(=O)N2CCN(c3ccc(F)cc3)CC2)cc1)/C(=C\c1ccc(-c2ccccc2)o1)NC(=O)c1ccccc1. The van der Waals surface area contributed by atoms with Gasteiger partial charge in [-0.1, -0.05) is 48.5 Å². The third kappa shape index (κ3) is 8.40. The first kappa shape index (κ1) is 32.3. The van der Waals surface area contributed by atoms with Crippen LogP contribution in [-0.4, -0.2) is 54.6 Å². The van der Waals surface area contributed by atoms with E-state index in [0.29, 0.717) is 49.0 Å². The summed E-state index contributed by atoms with van der Waals surface area (Å²) < 4.78 is 19.2. The Balaban J connectivity index is 1.06. The van der Waals surface area contributed by atoms with Gasteiger partial charge >= 0.3 is 0 Å². The molecular formula is C38H33FN4O4S. The predicted octanol–water partition coefficient (Wildman–Crippen LogP) is 6.94. The van der Waals surface area contributed by atoms with Gasteiger partial charge in [0.05, 0.1) is 5.75 Å². The minimum atomic E-state index is -0.521. The molecule has 0 aliphatic carbocycles. The van der Waals surface area contributed by atoms with Gasteiger partial charge < -0.3 is 24.9 Å². The van der Waals surface area contributed by atoms with E-state index in [-0.39, 0.29) is 23.2 Å². The van der Waals surface area contributed by atoms with E-state index in [0.717, 1.165) is 16.1 Å². The Hall–Kier alpha value is -5.61. The van der Waals surface area contributed by atoms with Crippen molar-refractivity contribution in [2.75, 3.05) is 42.1 Å². The Labute approximate surface area is 282 Å². The molecule has 0 saturated carbocycles. The Kier molecular flexibility index (Phi) is 10.3. The third-order valence-corrected chi connectivity index (χ3v) is 8.80. The summed E-state index contributed by atoms with van der Waals surface area (Å²) in [5, 5.41) is 5.57. The molecule has 242 valence electrons. The summed E-state index contributed by atoms with van der Waals surface area (Å²) in [5.41, 5.74) is 2.79. The number of rotatable bonds is 10. The minimum Gasteiger partial charge on any atom is -0.457 e. The average Bonchev–Trinajstić information content (AvgIpc) is 3.60. The highest BCUT2D eigenvalue weighted by molar-refractivity contribution is 8.00. The highest BCUT2D eigenvalue weighted by Gasteiger charge is 2.22. The van der Waals surface area contributed by atoms with Crippen molar-refractivity contribution in [3.63, 3.8) is 0 Å². The quantitative estimate of drug-likeness (QED) is 0.125. The van der Waals surface area contributed by atoms with E-state index < -0.39 is 11.8 Å². The molecule has 4 aromatic carbocycles. The first-order valence-corrected chi connectivity index (χ1v) is 16.5. The maximum atomic E-state index is 13.5. The number of amides is 3. The molecule has 1 aromatic heterocycles. The monoisotopic (exact) mass is 660 g/mol. The molecule has 0 atom stereocenters. The molecule has 1 aliphatic heterocycles. The molecule has 1 aliphatic rings. The molecular weight excluding hydrogens is 628 g/mol. The maximum Gasteiger partial charge on any atom is 0.272 e. The standard InChI is InChI=1S/C38H33FN4O4S/c39-29-11-15-31(16-12-29)42-21-23-43(24-22-42)36(44)26-48-33-18-13-30(14-19-33)40-38(46)34(41-37(45)28-9-5-2-6-10-28)25-32-17-20-35(47-32)27-7-3-1-4-8-27/h1-20,25H,21-24,26H2,(H,40,46)(H,41,45)/b34-25+. The van der Waals surface area contributed by atoms with E-state index in [1.165, 1.54) is 30.0 Å². The van der Waals surface area contributed by atoms with Crippen LogP contribution in [0, 0.1) is 5.82 Å². The number of nitrogens with one attached hydrogen (secondary N) is 2. The van der Waals surface area contributed by atoms with Crippen molar-refractivity contribution in [1.82, 2.24) is 10.2 Å². The van der Waals surface area contributed by atoms with E-state index in [2.05, 4.69) is 15.5 Å². The fourth-order valence-corrected chi connectivity index (χ4v) is 6.01. The van der Waals surface area contributed by atoms with Gasteiger partial charge in [0.15, 0.2) is 0 Å². The Morgan fingerprint density at radius 2 is 1.44 bits per heavy atom. The first-order valence-electron chi connectivity index (χ1n) is 15.5. The second-order valence-corrected chi connectivity index (χ2v) is 12.1. The first-order chi connectivity index (χ1) is 23.4. The van der Waals surface area contributed by atoms with Crippen LogP contribution in [0.4, 0.5) is 15.8 Å². The fraction of sp³-hybridized carbons (Fsp3) is 0.132. The van der Waals surface area contributed by atoms with Crippen molar-refractivity contribution in [3.8, 4) is 11.3 Å². The molecule has 5 aromatic rings. The number of benzene rings is 4. The van der Waals surface area contributed by atoms with E-state index >= 15 is 0 Å². The molecule has 0 spiro atoms. The Morgan fingerprint density at radius 3 is 2.12 bits per heavy atom. The van der Waals surface area contributed by atoms with Crippen LogP contribution in [0.3, 0.4) is 0 Å². The van der Waals surface area contributed by atoms with Crippen LogP contribution in [0.1, 0.15) is 16.1 Å². The smallest absolute Gasteiger partial charge is 0.272 e. The van der Waals surface area contributed by atoms with Gasteiger partial charge in [0.2, 0.25) is 5.91 Å². The number of carbonyl (C=O) groups excluding carboxylic acids is 3. The minimum absolute atomic E-state index is 0.0152. The highest BCUT2D eigenvalue weighted by Crippen LogP contribution is 2.25. The van der Waals surface area contributed by atoms with E-state index in [1.807, 2.05) is 59.5 Å². The molecule has 2 heterocycles. The Bertz CT molecular complexity index is 1890. The van der Waals surface area contributed by atoms with Gasteiger partial charge in [0, 0.05) is 59.7 Å². The zero-order chi connectivity index (χ0) is 33.3. The van der Waals surface area contributed by atoms with Gasteiger partial charge in [0.1, 0.15) is 23.0 Å². The summed E-state index contributed by atoms with van der Waals surface area (Å²) in [4.78, 5) is 44.2. The van der Waals surface area contributed by atoms with Gasteiger partial charge in [0.25, 0.3) is 11.8 Å². The molecule has 10 heteroatoms. The van der Waals surface area contributed by atoms with Crippen LogP contribution in [0.5, 0.6) is 0 Å². The van der Waals surface area contributed by atoms with E-state index in [1.54, 1.807) is 54.6 Å². The van der Waals surface area contributed by atoms with Crippen molar-refractivity contribution in [3.05, 3.63) is 144 Å². The van der Waals surface area contributed by atoms with Gasteiger partial charge in [-0.2, -0.15) is 0 Å². The molecule has 1 fully saturated rings. The molecule has 2 N–H and O–H groups in total. The Morgan fingerprint density at radius 1 is 0.771 bits per heavy atom. The van der Waals surface area contributed by atoms with Crippen molar-refractivity contribution < 1.29 is 23.2 Å². The maximum absolute atomic E-state index is 13.5. The zero-order valence-electron chi connectivity index (χ0n) is 26.0. The van der Waals surface area contributed by atoms with Crippen LogP contribution < -0.4 is 15.5 Å². The molecule has 3 amide bonds. The molecule has 0 radical (unpaired) electrons. The summed E-state index contributed by atoms with van der Waals surface area (Å²) in [6, 6.07) is 35.4. The van der Waals surface area contributed by atoms with Crippen molar-refractivity contribution in [2.24, 2.45) is 0 Å².